The molecule has 0 heterocycles. The molecule has 5 unspecified atom stereocenters. The zero-order valence-electron chi connectivity index (χ0n) is 19.3. The fraction of sp³-hybridized carbons (Fsp3) is 0.700. The first-order valence-electron chi connectivity index (χ1n) is 10.6. The summed E-state index contributed by atoms with van der Waals surface area (Å²) in [5.74, 6) is -6.64. The van der Waals surface area contributed by atoms with E-state index in [2.05, 4.69) is 16.0 Å². The van der Waals surface area contributed by atoms with Crippen LogP contribution in [0.1, 0.15) is 53.4 Å². The van der Waals surface area contributed by atoms with Crippen molar-refractivity contribution in [3.8, 4) is 0 Å². The smallest absolute Gasteiger partial charge is 0.326 e. The third-order valence-electron chi connectivity index (χ3n) is 5.11. The van der Waals surface area contributed by atoms with Crippen LogP contribution in [0, 0.1) is 11.8 Å². The van der Waals surface area contributed by atoms with Crippen molar-refractivity contribution in [2.45, 2.75) is 77.5 Å². The lowest BCUT2D eigenvalue weighted by Gasteiger charge is -2.28. The van der Waals surface area contributed by atoms with Crippen molar-refractivity contribution in [3.63, 3.8) is 0 Å². The lowest BCUT2D eigenvalue weighted by atomic mass is 9.96. The molecule has 0 aliphatic heterocycles. The third kappa shape index (κ3) is 10.8. The van der Waals surface area contributed by atoms with Crippen LogP contribution in [-0.4, -0.2) is 69.9 Å². The molecule has 33 heavy (non-hydrogen) atoms. The van der Waals surface area contributed by atoms with Gasteiger partial charge < -0.3 is 37.6 Å². The molecule has 5 atom stereocenters. The van der Waals surface area contributed by atoms with Gasteiger partial charge in [-0.3, -0.25) is 24.0 Å². The minimum atomic E-state index is -1.56. The lowest BCUT2D eigenvalue weighted by Crippen LogP contribution is -2.59. The van der Waals surface area contributed by atoms with Gasteiger partial charge in [0, 0.05) is 6.42 Å². The molecule has 0 aliphatic rings. The lowest BCUT2D eigenvalue weighted by molar-refractivity contribution is -0.143. The summed E-state index contributed by atoms with van der Waals surface area (Å²) in [6, 6.07) is -5.06. The number of hydrogen-bond acceptors (Lipinski definition) is 7. The maximum Gasteiger partial charge on any atom is 0.326 e. The van der Waals surface area contributed by atoms with Crippen LogP contribution in [0.15, 0.2) is 0 Å². The van der Waals surface area contributed by atoms with Gasteiger partial charge in [-0.15, -0.1) is 0 Å². The molecule has 0 aliphatic carbocycles. The second kappa shape index (κ2) is 14.0. The topological polar surface area (TPSA) is 231 Å². The Morgan fingerprint density at radius 3 is 1.82 bits per heavy atom. The second-order valence-corrected chi connectivity index (χ2v) is 8.21. The molecule has 4 amide bonds. The Balaban J connectivity index is 5.59. The number of rotatable bonds is 15. The summed E-state index contributed by atoms with van der Waals surface area (Å²) in [6.45, 7) is 6.95. The first-order valence-corrected chi connectivity index (χ1v) is 10.6. The zero-order chi connectivity index (χ0) is 25.9. The molecule has 0 spiro atoms. The molecule has 0 saturated carbocycles. The molecule has 0 aromatic rings. The molecule has 0 bridgehead atoms. The summed E-state index contributed by atoms with van der Waals surface area (Å²) < 4.78 is 0. The van der Waals surface area contributed by atoms with Gasteiger partial charge in [0.2, 0.25) is 23.6 Å². The Hall–Kier alpha value is -3.22. The third-order valence-corrected chi connectivity index (χ3v) is 5.11. The highest BCUT2D eigenvalue weighted by Crippen LogP contribution is 2.10. The van der Waals surface area contributed by atoms with Crippen molar-refractivity contribution in [1.29, 1.82) is 0 Å². The van der Waals surface area contributed by atoms with Crippen LogP contribution < -0.4 is 27.4 Å². The van der Waals surface area contributed by atoms with Crippen LogP contribution in [0.3, 0.4) is 0 Å². The fourth-order valence-electron chi connectivity index (χ4n) is 2.72. The van der Waals surface area contributed by atoms with Crippen molar-refractivity contribution in [2.24, 2.45) is 23.3 Å². The number of carboxylic acids is 2. The SMILES string of the molecule is CCC(C)C(NC(=O)C(N)C(C)C)C(=O)NC(CC(N)=O)C(=O)NC(CCC(=O)O)C(=O)O. The highest BCUT2D eigenvalue weighted by atomic mass is 16.4. The molecule has 9 N–H and O–H groups in total. The number of amides is 4. The molecule has 0 radical (unpaired) electrons. The van der Waals surface area contributed by atoms with E-state index >= 15 is 0 Å². The first kappa shape index (κ1) is 29.8. The van der Waals surface area contributed by atoms with Gasteiger partial charge in [-0.1, -0.05) is 34.1 Å². The molecule has 0 aromatic carbocycles. The van der Waals surface area contributed by atoms with Crippen molar-refractivity contribution >= 4 is 35.6 Å². The Morgan fingerprint density at radius 1 is 0.848 bits per heavy atom. The minimum absolute atomic E-state index is 0.196. The quantitative estimate of drug-likeness (QED) is 0.143. The van der Waals surface area contributed by atoms with Gasteiger partial charge in [0.15, 0.2) is 0 Å². The number of carboxylic acid groups (broad SMARTS) is 2. The van der Waals surface area contributed by atoms with Crippen LogP contribution in [0.2, 0.25) is 0 Å². The molecule has 13 nitrogen and oxygen atoms in total. The van der Waals surface area contributed by atoms with Crippen LogP contribution >= 0.6 is 0 Å². The first-order chi connectivity index (χ1) is 15.2. The normalized spacial score (nSPS) is 15.5. The molecule has 0 fully saturated rings. The zero-order valence-corrected chi connectivity index (χ0v) is 19.3. The number of carbonyl (C=O) groups excluding carboxylic acids is 4. The van der Waals surface area contributed by atoms with Gasteiger partial charge in [0.1, 0.15) is 18.1 Å². The van der Waals surface area contributed by atoms with E-state index in [9.17, 15) is 33.9 Å². The summed E-state index contributed by atoms with van der Waals surface area (Å²) in [6.07, 6.45) is -1.09. The molecular formula is C20H35N5O8. The van der Waals surface area contributed by atoms with Gasteiger partial charge in [-0.05, 0) is 18.3 Å². The average Bonchev–Trinajstić information content (AvgIpc) is 2.71. The van der Waals surface area contributed by atoms with Crippen molar-refractivity contribution in [2.75, 3.05) is 0 Å². The molecule has 0 saturated heterocycles. The molecule has 188 valence electrons. The van der Waals surface area contributed by atoms with E-state index in [1.807, 2.05) is 0 Å². The summed E-state index contributed by atoms with van der Waals surface area (Å²) in [4.78, 5) is 71.4. The van der Waals surface area contributed by atoms with E-state index < -0.39 is 79.0 Å². The Morgan fingerprint density at radius 2 is 1.39 bits per heavy atom. The molecule has 0 rings (SSSR count). The number of carbonyl (C=O) groups is 6. The Kier molecular flexibility index (Phi) is 12.7. The minimum Gasteiger partial charge on any atom is -0.481 e. The Bertz CT molecular complexity index is 742. The van der Waals surface area contributed by atoms with E-state index in [1.54, 1.807) is 27.7 Å². The number of nitrogens with two attached hydrogens (primary N) is 2. The number of aliphatic carboxylic acids is 2. The fourth-order valence-corrected chi connectivity index (χ4v) is 2.72. The number of nitrogens with one attached hydrogen (secondary N) is 3. The standard InChI is InChI=1S/C20H35N5O8/c1-5-10(4)16(25-18(30)15(22)9(2)3)19(31)24-12(8-13(21)26)17(29)23-11(20(32)33)6-7-14(27)28/h9-12,15-16H,5-8,22H2,1-4H3,(H2,21,26)(H,23,29)(H,24,31)(H,25,30)(H,27,28)(H,32,33). The van der Waals surface area contributed by atoms with Crippen LogP contribution in [-0.2, 0) is 28.8 Å². The van der Waals surface area contributed by atoms with Crippen LogP contribution in [0.5, 0.6) is 0 Å². The summed E-state index contributed by atoms with van der Waals surface area (Å²) >= 11 is 0. The molecular weight excluding hydrogens is 438 g/mol. The largest absolute Gasteiger partial charge is 0.481 e. The predicted octanol–water partition coefficient (Wildman–Crippen LogP) is -1.70. The van der Waals surface area contributed by atoms with E-state index in [4.69, 9.17) is 16.6 Å². The van der Waals surface area contributed by atoms with E-state index in [0.29, 0.717) is 6.42 Å². The predicted molar refractivity (Wildman–Crippen MR) is 116 cm³/mol. The van der Waals surface area contributed by atoms with Crippen LogP contribution in [0.25, 0.3) is 0 Å². The van der Waals surface area contributed by atoms with E-state index in [0.717, 1.165) is 0 Å². The van der Waals surface area contributed by atoms with Crippen LogP contribution in [0.4, 0.5) is 0 Å². The molecule has 0 aromatic heterocycles. The van der Waals surface area contributed by atoms with Crippen molar-refractivity contribution < 1.29 is 39.0 Å². The van der Waals surface area contributed by atoms with E-state index in [1.165, 1.54) is 0 Å². The Labute approximate surface area is 192 Å². The average molecular weight is 474 g/mol. The summed E-state index contributed by atoms with van der Waals surface area (Å²) in [5, 5.41) is 25.0. The van der Waals surface area contributed by atoms with Gasteiger partial charge >= 0.3 is 11.9 Å². The van der Waals surface area contributed by atoms with Gasteiger partial charge in [-0.25, -0.2) is 4.79 Å². The highest BCUT2D eigenvalue weighted by molar-refractivity contribution is 5.96. The monoisotopic (exact) mass is 473 g/mol. The maximum absolute atomic E-state index is 12.9. The number of hydrogen-bond donors (Lipinski definition) is 7. The van der Waals surface area contributed by atoms with E-state index in [-0.39, 0.29) is 11.8 Å². The van der Waals surface area contributed by atoms with Crippen molar-refractivity contribution in [1.82, 2.24) is 16.0 Å². The maximum atomic E-state index is 12.9. The summed E-state index contributed by atoms with van der Waals surface area (Å²) in [5.41, 5.74) is 11.0. The highest BCUT2D eigenvalue weighted by Gasteiger charge is 2.33. The van der Waals surface area contributed by atoms with Gasteiger partial charge in [0.05, 0.1) is 12.5 Å². The second-order valence-electron chi connectivity index (χ2n) is 8.21. The van der Waals surface area contributed by atoms with Gasteiger partial charge in [0.25, 0.3) is 0 Å². The molecule has 13 heteroatoms. The van der Waals surface area contributed by atoms with Crippen molar-refractivity contribution in [3.05, 3.63) is 0 Å². The number of primary amides is 1. The van der Waals surface area contributed by atoms with Gasteiger partial charge in [-0.2, -0.15) is 0 Å². The summed E-state index contributed by atoms with van der Waals surface area (Å²) in [7, 11) is 0.